The Balaban J connectivity index is 2.08. The van der Waals surface area contributed by atoms with E-state index < -0.39 is 0 Å². The third-order valence-electron chi connectivity index (χ3n) is 3.60. The lowest BCUT2D eigenvalue weighted by atomic mass is 9.88. The average molecular weight is 243 g/mol. The van der Waals surface area contributed by atoms with Crippen LogP contribution in [0, 0.1) is 0 Å². The van der Waals surface area contributed by atoms with Crippen LogP contribution in [0.15, 0.2) is 30.5 Å². The van der Waals surface area contributed by atoms with Crippen molar-refractivity contribution in [2.24, 2.45) is 7.05 Å². The molecular weight excluding hydrogens is 226 g/mol. The van der Waals surface area contributed by atoms with E-state index in [2.05, 4.69) is 28.6 Å². The molecule has 4 nitrogen and oxygen atoms in total. The molecule has 0 bridgehead atoms. The quantitative estimate of drug-likeness (QED) is 0.880. The van der Waals surface area contributed by atoms with Gasteiger partial charge in [-0.05, 0) is 36.2 Å². The summed E-state index contributed by atoms with van der Waals surface area (Å²) in [5.74, 6) is 1.30. The highest BCUT2D eigenvalue weighted by Crippen LogP contribution is 2.38. The van der Waals surface area contributed by atoms with Crippen LogP contribution in [-0.2, 0) is 7.05 Å². The molecule has 0 radical (unpaired) electrons. The van der Waals surface area contributed by atoms with Crippen LogP contribution in [0.3, 0.4) is 0 Å². The van der Waals surface area contributed by atoms with Crippen molar-refractivity contribution in [2.75, 3.05) is 19.0 Å². The molecule has 2 aromatic rings. The number of fused-ring (bicyclic) bond motifs is 1. The maximum absolute atomic E-state index is 5.33. The van der Waals surface area contributed by atoms with E-state index in [1.165, 1.54) is 16.9 Å². The van der Waals surface area contributed by atoms with Crippen LogP contribution in [0.1, 0.15) is 23.6 Å². The van der Waals surface area contributed by atoms with Gasteiger partial charge in [0.1, 0.15) is 5.75 Å². The number of hydrogen-bond acceptors (Lipinski definition) is 3. The zero-order chi connectivity index (χ0) is 12.5. The number of hydrogen-bond donors (Lipinski definition) is 1. The standard InChI is InChI=1S/C14H17N3O/c1-17-14(6-8-16-17)11-5-7-15-13-4-3-10(18-2)9-12(11)13/h3-4,6,8-9,11,15H,5,7H2,1-2H3. The first-order valence-electron chi connectivity index (χ1n) is 6.19. The van der Waals surface area contributed by atoms with Crippen molar-refractivity contribution in [3.05, 3.63) is 41.7 Å². The molecule has 4 heteroatoms. The summed E-state index contributed by atoms with van der Waals surface area (Å²) in [6.07, 6.45) is 2.94. The van der Waals surface area contributed by atoms with Gasteiger partial charge in [0.15, 0.2) is 0 Å². The van der Waals surface area contributed by atoms with Crippen molar-refractivity contribution in [1.29, 1.82) is 0 Å². The van der Waals surface area contributed by atoms with E-state index in [0.717, 1.165) is 18.7 Å². The number of nitrogens with zero attached hydrogens (tertiary/aromatic N) is 2. The SMILES string of the molecule is COc1ccc2c(c1)C(c1ccnn1C)CCN2. The first-order chi connectivity index (χ1) is 8.79. The van der Waals surface area contributed by atoms with Crippen molar-refractivity contribution in [2.45, 2.75) is 12.3 Å². The number of aromatic nitrogens is 2. The highest BCUT2D eigenvalue weighted by Gasteiger charge is 2.24. The molecule has 3 rings (SSSR count). The smallest absolute Gasteiger partial charge is 0.119 e. The average Bonchev–Trinajstić information content (AvgIpc) is 2.83. The van der Waals surface area contributed by atoms with Crippen LogP contribution in [0.25, 0.3) is 0 Å². The lowest BCUT2D eigenvalue weighted by Gasteiger charge is -2.27. The predicted octanol–water partition coefficient (Wildman–Crippen LogP) is 2.38. The molecule has 0 saturated heterocycles. The zero-order valence-electron chi connectivity index (χ0n) is 10.7. The third kappa shape index (κ3) is 1.74. The summed E-state index contributed by atoms with van der Waals surface area (Å²) in [5, 5.41) is 7.71. The van der Waals surface area contributed by atoms with E-state index in [-0.39, 0.29) is 0 Å². The molecule has 0 spiro atoms. The molecule has 18 heavy (non-hydrogen) atoms. The number of anilines is 1. The minimum atomic E-state index is 0.392. The van der Waals surface area contributed by atoms with Crippen molar-refractivity contribution in [1.82, 2.24) is 9.78 Å². The largest absolute Gasteiger partial charge is 0.497 e. The minimum absolute atomic E-state index is 0.392. The summed E-state index contributed by atoms with van der Waals surface area (Å²) in [6.45, 7) is 0.995. The van der Waals surface area contributed by atoms with Crippen LogP contribution in [0.5, 0.6) is 5.75 Å². The van der Waals surface area contributed by atoms with Gasteiger partial charge in [-0.1, -0.05) is 0 Å². The van der Waals surface area contributed by atoms with E-state index in [1.807, 2.05) is 24.0 Å². The molecule has 1 atom stereocenters. The Bertz CT molecular complexity index is 562. The van der Waals surface area contributed by atoms with E-state index >= 15 is 0 Å². The summed E-state index contributed by atoms with van der Waals surface area (Å²) in [4.78, 5) is 0. The number of nitrogens with one attached hydrogen (secondary N) is 1. The van der Waals surface area contributed by atoms with Gasteiger partial charge in [-0.15, -0.1) is 0 Å². The summed E-state index contributed by atoms with van der Waals surface area (Å²) in [6, 6.07) is 8.31. The van der Waals surface area contributed by atoms with Crippen molar-refractivity contribution >= 4 is 5.69 Å². The van der Waals surface area contributed by atoms with Crippen LogP contribution in [-0.4, -0.2) is 23.4 Å². The van der Waals surface area contributed by atoms with Gasteiger partial charge in [0, 0.05) is 37.1 Å². The maximum Gasteiger partial charge on any atom is 0.119 e. The Kier molecular flexibility index (Phi) is 2.70. The fourth-order valence-corrected chi connectivity index (χ4v) is 2.66. The van der Waals surface area contributed by atoms with Crippen molar-refractivity contribution in [3.63, 3.8) is 0 Å². The van der Waals surface area contributed by atoms with Gasteiger partial charge in [-0.3, -0.25) is 4.68 Å². The van der Waals surface area contributed by atoms with Crippen LogP contribution >= 0.6 is 0 Å². The normalized spacial score (nSPS) is 18.0. The van der Waals surface area contributed by atoms with Crippen LogP contribution in [0.4, 0.5) is 5.69 Å². The second-order valence-electron chi connectivity index (χ2n) is 4.60. The molecule has 94 valence electrons. The maximum atomic E-state index is 5.33. The van der Waals surface area contributed by atoms with Gasteiger partial charge < -0.3 is 10.1 Å². The van der Waals surface area contributed by atoms with Gasteiger partial charge in [0.25, 0.3) is 0 Å². The van der Waals surface area contributed by atoms with Gasteiger partial charge in [-0.25, -0.2) is 0 Å². The lowest BCUT2D eigenvalue weighted by molar-refractivity contribution is 0.413. The van der Waals surface area contributed by atoms with E-state index in [9.17, 15) is 0 Å². The monoisotopic (exact) mass is 243 g/mol. The Labute approximate surface area is 107 Å². The molecular formula is C14H17N3O. The van der Waals surface area contributed by atoms with Gasteiger partial charge >= 0.3 is 0 Å². The number of aryl methyl sites for hydroxylation is 1. The first kappa shape index (κ1) is 11.1. The third-order valence-corrected chi connectivity index (χ3v) is 3.60. The zero-order valence-corrected chi connectivity index (χ0v) is 10.7. The molecule has 0 amide bonds. The van der Waals surface area contributed by atoms with Gasteiger partial charge in [-0.2, -0.15) is 5.10 Å². The van der Waals surface area contributed by atoms with E-state index in [4.69, 9.17) is 4.74 Å². The highest BCUT2D eigenvalue weighted by atomic mass is 16.5. The Morgan fingerprint density at radius 3 is 3.00 bits per heavy atom. The second-order valence-corrected chi connectivity index (χ2v) is 4.60. The van der Waals surface area contributed by atoms with Gasteiger partial charge in [0.2, 0.25) is 0 Å². The molecule has 0 fully saturated rings. The Morgan fingerprint density at radius 2 is 2.28 bits per heavy atom. The fraction of sp³-hybridized carbons (Fsp3) is 0.357. The topological polar surface area (TPSA) is 39.1 Å². The number of methoxy groups -OCH3 is 1. The number of rotatable bonds is 2. The Hall–Kier alpha value is -1.97. The second kappa shape index (κ2) is 4.37. The molecule has 1 aromatic heterocycles. The predicted molar refractivity (Wildman–Crippen MR) is 71.2 cm³/mol. The molecule has 1 aliphatic heterocycles. The molecule has 0 aliphatic carbocycles. The summed E-state index contributed by atoms with van der Waals surface area (Å²) >= 11 is 0. The summed E-state index contributed by atoms with van der Waals surface area (Å²) < 4.78 is 7.28. The fourth-order valence-electron chi connectivity index (χ4n) is 2.66. The summed E-state index contributed by atoms with van der Waals surface area (Å²) in [7, 11) is 3.70. The van der Waals surface area contributed by atoms with E-state index in [1.54, 1.807) is 7.11 Å². The van der Waals surface area contributed by atoms with Crippen molar-refractivity contribution < 1.29 is 4.74 Å². The number of benzene rings is 1. The molecule has 1 unspecified atom stereocenters. The molecule has 1 N–H and O–H groups in total. The lowest BCUT2D eigenvalue weighted by Crippen LogP contribution is -2.19. The Morgan fingerprint density at radius 1 is 1.39 bits per heavy atom. The molecule has 2 heterocycles. The van der Waals surface area contributed by atoms with Crippen molar-refractivity contribution in [3.8, 4) is 5.75 Å². The molecule has 1 aliphatic rings. The molecule has 0 saturated carbocycles. The molecule has 1 aromatic carbocycles. The number of ether oxygens (including phenoxy) is 1. The van der Waals surface area contributed by atoms with E-state index in [0.29, 0.717) is 5.92 Å². The van der Waals surface area contributed by atoms with Crippen LogP contribution in [0.2, 0.25) is 0 Å². The first-order valence-corrected chi connectivity index (χ1v) is 6.19. The van der Waals surface area contributed by atoms with Crippen LogP contribution < -0.4 is 10.1 Å². The summed E-state index contributed by atoms with van der Waals surface area (Å²) in [5.41, 5.74) is 3.75. The van der Waals surface area contributed by atoms with Gasteiger partial charge in [0.05, 0.1) is 7.11 Å². The minimum Gasteiger partial charge on any atom is -0.497 e. The highest BCUT2D eigenvalue weighted by molar-refractivity contribution is 5.59.